The molecule has 2 aromatic rings. The number of hydrogen-bond acceptors (Lipinski definition) is 6. The summed E-state index contributed by atoms with van der Waals surface area (Å²) in [5.74, 6) is -0.0872. The molecule has 7 heteroatoms. The standard InChI is InChI=1S/C21H23NO5S/c1-26-17-10-15-8-9-22(19(23)12-28-13-20(24)25)21(14-6-4-3-5-7-14)16(15)11-18(17)27-2/h3-7,10-11,21H,8-9,12-13H2,1-2H3,(H,24,25)/p-1/t21-/m0/s1. The van der Waals surface area contributed by atoms with Gasteiger partial charge < -0.3 is 24.3 Å². The van der Waals surface area contributed by atoms with Gasteiger partial charge in [0.15, 0.2) is 11.5 Å². The van der Waals surface area contributed by atoms with Crippen LogP contribution in [0, 0.1) is 0 Å². The summed E-state index contributed by atoms with van der Waals surface area (Å²) in [5.41, 5.74) is 3.10. The number of carboxylic acids is 1. The number of carbonyl (C=O) groups excluding carboxylic acids is 2. The Morgan fingerprint density at radius 3 is 2.43 bits per heavy atom. The zero-order chi connectivity index (χ0) is 20.1. The van der Waals surface area contributed by atoms with E-state index in [1.807, 2.05) is 47.4 Å². The fourth-order valence-corrected chi connectivity index (χ4v) is 4.12. The predicted octanol–water partition coefficient (Wildman–Crippen LogP) is 1.66. The van der Waals surface area contributed by atoms with Crippen molar-refractivity contribution in [3.8, 4) is 11.5 Å². The molecule has 3 rings (SSSR count). The number of carbonyl (C=O) groups is 2. The lowest BCUT2D eigenvalue weighted by molar-refractivity contribution is -0.301. The molecule has 0 saturated heterocycles. The average molecular weight is 400 g/mol. The van der Waals surface area contributed by atoms with Gasteiger partial charge in [0.1, 0.15) is 0 Å². The molecule has 0 radical (unpaired) electrons. The molecule has 2 aromatic carbocycles. The van der Waals surface area contributed by atoms with Gasteiger partial charge in [-0.05, 0) is 35.2 Å². The van der Waals surface area contributed by atoms with E-state index >= 15 is 0 Å². The van der Waals surface area contributed by atoms with Crippen LogP contribution in [0.4, 0.5) is 0 Å². The quantitative estimate of drug-likeness (QED) is 0.703. The summed E-state index contributed by atoms with van der Waals surface area (Å²) in [4.78, 5) is 25.4. The highest BCUT2D eigenvalue weighted by Crippen LogP contribution is 2.41. The van der Waals surface area contributed by atoms with E-state index < -0.39 is 5.97 Å². The summed E-state index contributed by atoms with van der Waals surface area (Å²) in [5, 5.41) is 10.7. The van der Waals surface area contributed by atoms with Gasteiger partial charge in [-0.2, -0.15) is 0 Å². The Morgan fingerprint density at radius 2 is 1.79 bits per heavy atom. The van der Waals surface area contributed by atoms with Crippen LogP contribution >= 0.6 is 11.8 Å². The van der Waals surface area contributed by atoms with Crippen LogP contribution in [0.25, 0.3) is 0 Å². The molecule has 0 N–H and O–H groups in total. The third kappa shape index (κ3) is 4.25. The third-order valence-corrected chi connectivity index (χ3v) is 5.65. The van der Waals surface area contributed by atoms with Gasteiger partial charge in [0.2, 0.25) is 5.91 Å². The fourth-order valence-electron chi connectivity index (χ4n) is 3.51. The van der Waals surface area contributed by atoms with Gasteiger partial charge in [-0.3, -0.25) is 4.79 Å². The average Bonchev–Trinajstić information content (AvgIpc) is 2.72. The number of thioether (sulfide) groups is 1. The molecule has 1 aliphatic heterocycles. The molecule has 1 atom stereocenters. The zero-order valence-electron chi connectivity index (χ0n) is 15.8. The molecule has 0 aliphatic carbocycles. The Labute approximate surface area is 168 Å². The van der Waals surface area contributed by atoms with Crippen molar-refractivity contribution in [3.63, 3.8) is 0 Å². The first-order chi connectivity index (χ1) is 13.5. The Balaban J connectivity index is 1.99. The molecule has 28 heavy (non-hydrogen) atoms. The molecule has 0 bridgehead atoms. The molecule has 148 valence electrons. The van der Waals surface area contributed by atoms with Crippen LogP contribution in [-0.2, 0) is 16.0 Å². The van der Waals surface area contributed by atoms with Gasteiger partial charge in [0.25, 0.3) is 0 Å². The minimum atomic E-state index is -1.17. The minimum absolute atomic E-state index is 0.0967. The molecule has 0 saturated carbocycles. The topological polar surface area (TPSA) is 78.9 Å². The largest absolute Gasteiger partial charge is 0.549 e. The minimum Gasteiger partial charge on any atom is -0.549 e. The molecule has 0 aromatic heterocycles. The van der Waals surface area contributed by atoms with Crippen molar-refractivity contribution in [2.24, 2.45) is 0 Å². The van der Waals surface area contributed by atoms with Crippen molar-refractivity contribution in [2.75, 3.05) is 32.3 Å². The molecular formula is C21H22NO5S-. The van der Waals surface area contributed by atoms with Crippen LogP contribution in [0.2, 0.25) is 0 Å². The molecule has 0 fully saturated rings. The van der Waals surface area contributed by atoms with Crippen LogP contribution in [0.3, 0.4) is 0 Å². The number of benzene rings is 2. The lowest BCUT2D eigenvalue weighted by Crippen LogP contribution is -2.41. The summed E-state index contributed by atoms with van der Waals surface area (Å²) >= 11 is 1.06. The van der Waals surface area contributed by atoms with Crippen LogP contribution in [0.5, 0.6) is 11.5 Å². The van der Waals surface area contributed by atoms with E-state index in [1.54, 1.807) is 14.2 Å². The molecule has 0 spiro atoms. The molecule has 1 amide bonds. The van der Waals surface area contributed by atoms with Gasteiger partial charge in [-0.15, -0.1) is 11.8 Å². The second kappa shape index (κ2) is 9.01. The third-order valence-electron chi connectivity index (χ3n) is 4.75. The number of rotatable bonds is 7. The molecule has 0 unspecified atom stereocenters. The van der Waals surface area contributed by atoms with Crippen LogP contribution < -0.4 is 14.6 Å². The van der Waals surface area contributed by atoms with Crippen molar-refractivity contribution < 1.29 is 24.2 Å². The monoisotopic (exact) mass is 400 g/mol. The first-order valence-corrected chi connectivity index (χ1v) is 10.1. The van der Waals surface area contributed by atoms with Crippen molar-refractivity contribution in [3.05, 3.63) is 59.2 Å². The highest BCUT2D eigenvalue weighted by Gasteiger charge is 2.33. The highest BCUT2D eigenvalue weighted by atomic mass is 32.2. The van der Waals surface area contributed by atoms with Crippen LogP contribution in [0.1, 0.15) is 22.7 Å². The summed E-state index contributed by atoms with van der Waals surface area (Å²) in [6.45, 7) is 0.548. The van der Waals surface area contributed by atoms with E-state index in [1.165, 1.54) is 0 Å². The number of carboxylic acid groups (broad SMARTS) is 1. The number of hydrogen-bond donors (Lipinski definition) is 0. The number of methoxy groups -OCH3 is 2. The van der Waals surface area contributed by atoms with E-state index in [2.05, 4.69) is 0 Å². The van der Waals surface area contributed by atoms with E-state index in [9.17, 15) is 14.7 Å². The maximum absolute atomic E-state index is 12.9. The molecule has 6 nitrogen and oxygen atoms in total. The van der Waals surface area contributed by atoms with Crippen LogP contribution in [0.15, 0.2) is 42.5 Å². The maximum Gasteiger partial charge on any atom is 0.233 e. The van der Waals surface area contributed by atoms with E-state index in [-0.39, 0.29) is 23.5 Å². The van der Waals surface area contributed by atoms with Gasteiger partial charge in [-0.25, -0.2) is 0 Å². The summed E-state index contributed by atoms with van der Waals surface area (Å²) in [6.07, 6.45) is 0.690. The Bertz CT molecular complexity index is 855. The number of amides is 1. The Kier molecular flexibility index (Phi) is 6.46. The van der Waals surface area contributed by atoms with Crippen LogP contribution in [-0.4, -0.2) is 49.0 Å². The first-order valence-electron chi connectivity index (χ1n) is 8.92. The predicted molar refractivity (Wildman–Crippen MR) is 106 cm³/mol. The van der Waals surface area contributed by atoms with Gasteiger partial charge in [0, 0.05) is 12.3 Å². The van der Waals surface area contributed by atoms with Gasteiger partial charge in [0.05, 0.1) is 32.0 Å². The van der Waals surface area contributed by atoms with Gasteiger partial charge >= 0.3 is 0 Å². The Hall–Kier alpha value is -2.67. The lowest BCUT2D eigenvalue weighted by Gasteiger charge is -2.38. The van der Waals surface area contributed by atoms with Gasteiger partial charge in [-0.1, -0.05) is 30.3 Å². The second-order valence-electron chi connectivity index (χ2n) is 6.42. The van der Waals surface area contributed by atoms with Crippen molar-refractivity contribution in [2.45, 2.75) is 12.5 Å². The molecule has 1 aliphatic rings. The second-order valence-corrected chi connectivity index (χ2v) is 7.41. The molecule has 1 heterocycles. The van der Waals surface area contributed by atoms with Crippen molar-refractivity contribution in [1.29, 1.82) is 0 Å². The smallest absolute Gasteiger partial charge is 0.233 e. The number of aliphatic carboxylic acids is 1. The highest BCUT2D eigenvalue weighted by molar-refractivity contribution is 8.00. The lowest BCUT2D eigenvalue weighted by atomic mass is 9.87. The fraction of sp³-hybridized carbons (Fsp3) is 0.333. The Morgan fingerprint density at radius 1 is 1.11 bits per heavy atom. The van der Waals surface area contributed by atoms with Crippen molar-refractivity contribution in [1.82, 2.24) is 4.90 Å². The number of nitrogens with zero attached hydrogens (tertiary/aromatic N) is 1. The summed E-state index contributed by atoms with van der Waals surface area (Å²) in [6, 6.07) is 13.4. The van der Waals surface area contributed by atoms with E-state index in [0.29, 0.717) is 24.5 Å². The summed E-state index contributed by atoms with van der Waals surface area (Å²) in [7, 11) is 3.19. The molecular weight excluding hydrogens is 378 g/mol. The first kappa shape index (κ1) is 20.1. The SMILES string of the molecule is COc1cc2c(cc1OC)[C@H](c1ccccc1)N(C(=O)CSCC(=O)[O-])CC2. The zero-order valence-corrected chi connectivity index (χ0v) is 16.7. The maximum atomic E-state index is 12.9. The summed E-state index contributed by atoms with van der Waals surface area (Å²) < 4.78 is 10.9. The number of ether oxygens (including phenoxy) is 2. The number of fused-ring (bicyclic) bond motifs is 1. The van der Waals surface area contributed by atoms with Crippen molar-refractivity contribution >= 4 is 23.6 Å². The van der Waals surface area contributed by atoms with E-state index in [4.69, 9.17) is 9.47 Å². The normalized spacial score (nSPS) is 15.6. The van der Waals surface area contributed by atoms with E-state index in [0.717, 1.165) is 28.5 Å².